The van der Waals surface area contributed by atoms with Gasteiger partial charge >= 0.3 is 5.97 Å². The maximum atomic E-state index is 12.2. The van der Waals surface area contributed by atoms with Crippen LogP contribution in [0.5, 0.6) is 0 Å². The maximum Gasteiger partial charge on any atom is 0.338 e. The lowest BCUT2D eigenvalue weighted by atomic mass is 9.76. The number of nitrogens with zero attached hydrogens (tertiary/aromatic N) is 2. The molecule has 0 radical (unpaired) electrons. The zero-order valence-corrected chi connectivity index (χ0v) is 24.3. The number of aromatic nitrogens is 1. The molecular formula is C32H41N3O4S. The molecule has 2 aromatic rings. The Morgan fingerprint density at radius 1 is 1.07 bits per heavy atom. The lowest BCUT2D eigenvalue weighted by Crippen LogP contribution is -2.45. The Morgan fingerprint density at radius 2 is 1.80 bits per heavy atom. The van der Waals surface area contributed by atoms with E-state index in [9.17, 15) is 9.90 Å². The van der Waals surface area contributed by atoms with Crippen molar-refractivity contribution in [2.45, 2.75) is 102 Å². The molecular weight excluding hydrogens is 522 g/mol. The largest absolute Gasteiger partial charge is 0.512 e. The van der Waals surface area contributed by atoms with Crippen molar-refractivity contribution in [2.75, 3.05) is 18.1 Å². The molecule has 1 aromatic carbocycles. The van der Waals surface area contributed by atoms with Crippen LogP contribution in [0.4, 0.5) is 5.13 Å². The maximum absolute atomic E-state index is 12.2. The third kappa shape index (κ3) is 5.06. The summed E-state index contributed by atoms with van der Waals surface area (Å²) in [4.78, 5) is 19.6. The molecule has 2 N–H and O–H groups in total. The molecule has 2 saturated heterocycles. The summed E-state index contributed by atoms with van der Waals surface area (Å²) in [7, 11) is 0. The molecule has 3 saturated carbocycles. The molecule has 0 amide bonds. The van der Waals surface area contributed by atoms with E-state index in [1.165, 1.54) is 25.7 Å². The number of hydrogen-bond acceptors (Lipinski definition) is 8. The van der Waals surface area contributed by atoms with Gasteiger partial charge in [0.1, 0.15) is 5.76 Å². The van der Waals surface area contributed by atoms with Crippen LogP contribution in [0.1, 0.15) is 94.3 Å². The lowest BCUT2D eigenvalue weighted by Gasteiger charge is -2.39. The number of anilines is 1. The standard InChI is InChI=1S/C32H41N3O4S/c1-2-38-30(37)21-5-8-26-27(15-21)40-31(34-26)35-22-6-7-23(35)17-24(16-22)39-18-25(29(36)20-3-4-20)28(33)19-9-11-32(12-10-19)13-14-32/h5,8,15,19-20,22-24,33,36H,2-4,6-7,9-14,16-18H2,1H3/b29-25-,33-28?/t22-,23?,24?/m0/s1. The van der Waals surface area contributed by atoms with Gasteiger partial charge in [-0.15, -0.1) is 0 Å². The van der Waals surface area contributed by atoms with Crippen LogP contribution in [0, 0.1) is 22.7 Å². The van der Waals surface area contributed by atoms with E-state index in [0.29, 0.717) is 47.7 Å². The Labute approximate surface area is 240 Å². The van der Waals surface area contributed by atoms with Crippen LogP contribution in [0.3, 0.4) is 0 Å². The minimum absolute atomic E-state index is 0.134. The van der Waals surface area contributed by atoms with Crippen LogP contribution < -0.4 is 4.90 Å². The Balaban J connectivity index is 1.01. The zero-order chi connectivity index (χ0) is 27.4. The summed E-state index contributed by atoms with van der Waals surface area (Å²) in [6, 6.07) is 6.38. The summed E-state index contributed by atoms with van der Waals surface area (Å²) < 4.78 is 12.7. The third-order valence-corrected chi connectivity index (χ3v) is 11.3. The predicted molar refractivity (Wildman–Crippen MR) is 158 cm³/mol. The van der Waals surface area contributed by atoms with Crippen LogP contribution >= 0.6 is 11.3 Å². The molecule has 2 bridgehead atoms. The number of piperidine rings is 1. The average molecular weight is 564 g/mol. The molecule has 2 aliphatic heterocycles. The summed E-state index contributed by atoms with van der Waals surface area (Å²) in [5, 5.41) is 21.2. The average Bonchev–Trinajstić information content (AvgIpc) is 3.88. The van der Waals surface area contributed by atoms with Crippen molar-refractivity contribution in [3.05, 3.63) is 35.1 Å². The van der Waals surface area contributed by atoms with E-state index >= 15 is 0 Å². The molecule has 214 valence electrons. The Hall–Kier alpha value is -2.45. The topological polar surface area (TPSA) is 95.7 Å². The van der Waals surface area contributed by atoms with E-state index in [1.807, 2.05) is 19.1 Å². The molecule has 5 aliphatic rings. The highest BCUT2D eigenvalue weighted by Crippen LogP contribution is 2.57. The molecule has 3 atom stereocenters. The van der Waals surface area contributed by atoms with Gasteiger partial charge in [0, 0.05) is 35.2 Å². The van der Waals surface area contributed by atoms with Gasteiger partial charge in [-0.05, 0) is 108 Å². The van der Waals surface area contributed by atoms with Crippen molar-refractivity contribution < 1.29 is 19.4 Å². The summed E-state index contributed by atoms with van der Waals surface area (Å²) in [6.07, 6.45) is 13.8. The van der Waals surface area contributed by atoms with E-state index < -0.39 is 0 Å². The van der Waals surface area contributed by atoms with E-state index in [4.69, 9.17) is 19.9 Å². The van der Waals surface area contributed by atoms with Gasteiger partial charge in [0.2, 0.25) is 0 Å². The van der Waals surface area contributed by atoms with Gasteiger partial charge in [-0.3, -0.25) is 0 Å². The minimum atomic E-state index is -0.290. The van der Waals surface area contributed by atoms with E-state index in [-0.39, 0.29) is 23.9 Å². The van der Waals surface area contributed by atoms with Gasteiger partial charge in [0.05, 0.1) is 35.1 Å². The first-order chi connectivity index (χ1) is 19.4. The number of benzene rings is 1. The van der Waals surface area contributed by atoms with Gasteiger partial charge in [0.25, 0.3) is 0 Å². The van der Waals surface area contributed by atoms with Gasteiger partial charge in [0.15, 0.2) is 5.13 Å². The number of ether oxygens (including phenoxy) is 2. The molecule has 3 heterocycles. The fourth-order valence-electron chi connectivity index (χ4n) is 7.48. The molecule has 40 heavy (non-hydrogen) atoms. The highest BCUT2D eigenvalue weighted by molar-refractivity contribution is 7.22. The smallest absolute Gasteiger partial charge is 0.338 e. The molecule has 7 nitrogen and oxygen atoms in total. The number of carbonyl (C=O) groups is 1. The summed E-state index contributed by atoms with van der Waals surface area (Å²) >= 11 is 1.66. The predicted octanol–water partition coefficient (Wildman–Crippen LogP) is 7.20. The zero-order valence-electron chi connectivity index (χ0n) is 23.5. The molecule has 7 rings (SSSR count). The fourth-order valence-corrected chi connectivity index (χ4v) is 8.62. The van der Waals surface area contributed by atoms with E-state index in [2.05, 4.69) is 4.90 Å². The number of aliphatic hydroxyl groups is 1. The van der Waals surface area contributed by atoms with Crippen molar-refractivity contribution in [1.82, 2.24) is 4.98 Å². The normalized spacial score (nSPS) is 28.1. The number of aliphatic hydroxyl groups excluding tert-OH is 1. The van der Waals surface area contributed by atoms with Crippen molar-refractivity contribution in [1.29, 1.82) is 5.41 Å². The summed E-state index contributed by atoms with van der Waals surface area (Å²) in [5.41, 5.74) is 3.54. The third-order valence-electron chi connectivity index (χ3n) is 10.3. The lowest BCUT2D eigenvalue weighted by molar-refractivity contribution is 0.0407. The summed E-state index contributed by atoms with van der Waals surface area (Å²) in [6.45, 7) is 2.55. The van der Waals surface area contributed by atoms with E-state index in [1.54, 1.807) is 17.4 Å². The van der Waals surface area contributed by atoms with Gasteiger partial charge in [-0.1, -0.05) is 11.3 Å². The van der Waals surface area contributed by atoms with Crippen LogP contribution in [-0.2, 0) is 9.47 Å². The fraction of sp³-hybridized carbons (Fsp3) is 0.656. The van der Waals surface area contributed by atoms with Crippen LogP contribution in [0.2, 0.25) is 0 Å². The molecule has 5 fully saturated rings. The SMILES string of the molecule is CCOC(=O)c1ccc2nc(N3C4CC[C@H]3CC(OC/C(C(=N)C3CCC5(CC3)CC5)=C(/O)C3CC3)C4)sc2c1. The molecule has 2 unspecified atom stereocenters. The molecule has 1 spiro atoms. The first-order valence-corrected chi connectivity index (χ1v) is 16.2. The van der Waals surface area contributed by atoms with Crippen LogP contribution in [0.15, 0.2) is 29.5 Å². The number of nitrogens with one attached hydrogen (secondary N) is 1. The highest BCUT2D eigenvalue weighted by atomic mass is 32.1. The van der Waals surface area contributed by atoms with Crippen molar-refractivity contribution >= 4 is 38.4 Å². The number of hydrogen-bond donors (Lipinski definition) is 2. The van der Waals surface area contributed by atoms with Crippen molar-refractivity contribution in [3.8, 4) is 0 Å². The van der Waals surface area contributed by atoms with Crippen molar-refractivity contribution in [3.63, 3.8) is 0 Å². The van der Waals surface area contributed by atoms with Crippen molar-refractivity contribution in [2.24, 2.45) is 17.3 Å². The highest BCUT2D eigenvalue weighted by Gasteiger charge is 2.46. The number of allylic oxidation sites excluding steroid dienone is 1. The first kappa shape index (κ1) is 26.4. The van der Waals surface area contributed by atoms with Crippen LogP contribution in [-0.4, -0.2) is 53.2 Å². The number of rotatable bonds is 9. The quantitative estimate of drug-likeness (QED) is 0.190. The number of fused-ring (bicyclic) bond motifs is 3. The Bertz CT molecular complexity index is 1320. The molecule has 8 heteroatoms. The molecule has 1 aromatic heterocycles. The molecule has 3 aliphatic carbocycles. The number of esters is 1. The monoisotopic (exact) mass is 563 g/mol. The van der Waals surface area contributed by atoms with Gasteiger partial charge in [-0.2, -0.15) is 0 Å². The van der Waals surface area contributed by atoms with Gasteiger partial charge in [-0.25, -0.2) is 9.78 Å². The second-order valence-corrected chi connectivity index (χ2v) is 13.9. The summed E-state index contributed by atoms with van der Waals surface area (Å²) in [5.74, 6) is 0.654. The van der Waals surface area contributed by atoms with Crippen LogP contribution in [0.25, 0.3) is 10.2 Å². The second kappa shape index (κ2) is 10.4. The first-order valence-electron chi connectivity index (χ1n) is 15.4. The second-order valence-electron chi connectivity index (χ2n) is 12.9. The minimum Gasteiger partial charge on any atom is -0.512 e. The number of carbonyl (C=O) groups excluding carboxylic acids is 1. The van der Waals surface area contributed by atoms with E-state index in [0.717, 1.165) is 72.3 Å². The Kier molecular flexibility index (Phi) is 6.90. The van der Waals surface area contributed by atoms with Gasteiger partial charge < -0.3 is 24.9 Å². The number of thiazole rings is 1. The Morgan fingerprint density at radius 3 is 2.45 bits per heavy atom.